The van der Waals surface area contributed by atoms with Crippen LogP contribution in [0.1, 0.15) is 30.6 Å². The molecule has 0 bridgehead atoms. The van der Waals surface area contributed by atoms with E-state index < -0.39 is 0 Å². The van der Waals surface area contributed by atoms with Gasteiger partial charge in [-0.2, -0.15) is 5.10 Å². The van der Waals surface area contributed by atoms with Crippen molar-refractivity contribution in [1.29, 1.82) is 0 Å². The molecule has 1 atom stereocenters. The largest absolute Gasteiger partial charge is 0.494 e. The van der Waals surface area contributed by atoms with Crippen LogP contribution in [-0.2, 0) is 13.5 Å². The fraction of sp³-hybridized carbons (Fsp3) is 0.400. The summed E-state index contributed by atoms with van der Waals surface area (Å²) in [6, 6.07) is 10.2. The van der Waals surface area contributed by atoms with E-state index in [4.69, 9.17) is 10.6 Å². The molecule has 2 aromatic rings. The van der Waals surface area contributed by atoms with Crippen LogP contribution in [0.4, 0.5) is 0 Å². The standard InChI is InChI=1S/C15H22N4O/c1-3-20-14-7-4-12(5-8-14)15(18-16)9-6-13-10-11-17-19(13)2/h4-5,7-8,10-11,15,18H,3,6,9,16H2,1-2H3. The first-order valence-corrected chi connectivity index (χ1v) is 6.90. The molecule has 0 fully saturated rings. The number of nitrogens with two attached hydrogens (primary N) is 1. The minimum absolute atomic E-state index is 0.126. The van der Waals surface area contributed by atoms with Crippen LogP contribution >= 0.6 is 0 Å². The third-order valence-corrected chi connectivity index (χ3v) is 3.41. The third-order valence-electron chi connectivity index (χ3n) is 3.41. The van der Waals surface area contributed by atoms with E-state index in [1.807, 2.05) is 43.0 Å². The van der Waals surface area contributed by atoms with Gasteiger partial charge < -0.3 is 4.74 Å². The fourth-order valence-electron chi connectivity index (χ4n) is 2.25. The summed E-state index contributed by atoms with van der Waals surface area (Å²) in [4.78, 5) is 0. The molecule has 0 aliphatic carbocycles. The average Bonchev–Trinajstić information content (AvgIpc) is 2.87. The number of rotatable bonds is 7. The van der Waals surface area contributed by atoms with Gasteiger partial charge in [-0.3, -0.25) is 16.0 Å². The Morgan fingerprint density at radius 1 is 1.30 bits per heavy atom. The predicted molar refractivity (Wildman–Crippen MR) is 79.2 cm³/mol. The molecular formula is C15H22N4O. The van der Waals surface area contributed by atoms with Crippen LogP contribution in [0.15, 0.2) is 36.5 Å². The van der Waals surface area contributed by atoms with Crippen molar-refractivity contribution in [3.8, 4) is 5.75 Å². The van der Waals surface area contributed by atoms with Gasteiger partial charge in [0.25, 0.3) is 0 Å². The zero-order valence-corrected chi connectivity index (χ0v) is 12.0. The predicted octanol–water partition coefficient (Wildman–Crippen LogP) is 1.96. The Balaban J connectivity index is 1.98. The number of aromatic nitrogens is 2. The maximum Gasteiger partial charge on any atom is 0.119 e. The first kappa shape index (κ1) is 14.6. The topological polar surface area (TPSA) is 65.1 Å². The normalized spacial score (nSPS) is 12.3. The van der Waals surface area contributed by atoms with E-state index in [0.29, 0.717) is 6.61 Å². The molecule has 5 heteroatoms. The van der Waals surface area contributed by atoms with Crippen LogP contribution in [0.5, 0.6) is 5.75 Å². The second-order valence-electron chi connectivity index (χ2n) is 4.71. The molecule has 0 radical (unpaired) electrons. The Morgan fingerprint density at radius 3 is 2.60 bits per heavy atom. The maximum atomic E-state index is 5.68. The lowest BCUT2D eigenvalue weighted by Crippen LogP contribution is -2.28. The van der Waals surface area contributed by atoms with Crippen molar-refractivity contribution in [2.24, 2.45) is 12.9 Å². The van der Waals surface area contributed by atoms with Crippen molar-refractivity contribution < 1.29 is 4.74 Å². The molecule has 108 valence electrons. The van der Waals surface area contributed by atoms with E-state index in [0.717, 1.165) is 24.2 Å². The molecule has 0 amide bonds. The monoisotopic (exact) mass is 274 g/mol. The number of hydrazine groups is 1. The molecule has 0 aliphatic heterocycles. The smallest absolute Gasteiger partial charge is 0.119 e. The van der Waals surface area contributed by atoms with Gasteiger partial charge in [0.15, 0.2) is 0 Å². The van der Waals surface area contributed by atoms with E-state index in [1.165, 1.54) is 5.69 Å². The van der Waals surface area contributed by atoms with Gasteiger partial charge in [-0.25, -0.2) is 0 Å². The minimum Gasteiger partial charge on any atom is -0.494 e. The molecule has 1 heterocycles. The Morgan fingerprint density at radius 2 is 2.05 bits per heavy atom. The number of ether oxygens (including phenoxy) is 1. The summed E-state index contributed by atoms with van der Waals surface area (Å²) < 4.78 is 7.34. The molecule has 5 nitrogen and oxygen atoms in total. The summed E-state index contributed by atoms with van der Waals surface area (Å²) >= 11 is 0. The van der Waals surface area contributed by atoms with Crippen LogP contribution in [0.2, 0.25) is 0 Å². The lowest BCUT2D eigenvalue weighted by Gasteiger charge is -2.16. The van der Waals surface area contributed by atoms with Crippen LogP contribution in [0.25, 0.3) is 0 Å². The van der Waals surface area contributed by atoms with Crippen molar-refractivity contribution in [3.05, 3.63) is 47.8 Å². The highest BCUT2D eigenvalue weighted by Crippen LogP contribution is 2.21. The number of hydrogen-bond donors (Lipinski definition) is 2. The molecule has 1 aromatic carbocycles. The van der Waals surface area contributed by atoms with E-state index in [1.54, 1.807) is 0 Å². The van der Waals surface area contributed by atoms with Gasteiger partial charge in [-0.15, -0.1) is 0 Å². The van der Waals surface area contributed by atoms with Crippen molar-refractivity contribution >= 4 is 0 Å². The summed E-state index contributed by atoms with van der Waals surface area (Å²) in [5.74, 6) is 6.56. The first-order chi connectivity index (χ1) is 9.74. The molecule has 0 saturated carbocycles. The van der Waals surface area contributed by atoms with E-state index in [-0.39, 0.29) is 6.04 Å². The second kappa shape index (κ2) is 7.07. The van der Waals surface area contributed by atoms with Crippen molar-refractivity contribution in [3.63, 3.8) is 0 Å². The summed E-state index contributed by atoms with van der Waals surface area (Å²) in [7, 11) is 1.96. The highest BCUT2D eigenvalue weighted by Gasteiger charge is 2.11. The summed E-state index contributed by atoms with van der Waals surface area (Å²) in [6.45, 7) is 2.66. The van der Waals surface area contributed by atoms with Gasteiger partial charge in [0, 0.05) is 25.0 Å². The van der Waals surface area contributed by atoms with Crippen LogP contribution in [0, 0.1) is 0 Å². The average molecular weight is 274 g/mol. The molecule has 0 spiro atoms. The van der Waals surface area contributed by atoms with Gasteiger partial charge in [-0.1, -0.05) is 12.1 Å². The number of nitrogens with zero attached hydrogens (tertiary/aromatic N) is 2. The van der Waals surface area contributed by atoms with Crippen molar-refractivity contribution in [1.82, 2.24) is 15.2 Å². The third kappa shape index (κ3) is 3.59. The Hall–Kier alpha value is -1.85. The second-order valence-corrected chi connectivity index (χ2v) is 4.71. The molecule has 3 N–H and O–H groups in total. The van der Waals surface area contributed by atoms with Crippen LogP contribution < -0.4 is 16.0 Å². The summed E-state index contributed by atoms with van der Waals surface area (Å²) in [6.07, 6.45) is 3.67. The SMILES string of the molecule is CCOc1ccc(C(CCc2ccnn2C)NN)cc1. The lowest BCUT2D eigenvalue weighted by molar-refractivity contribution is 0.340. The quantitative estimate of drug-likeness (QED) is 0.598. The number of hydrogen-bond acceptors (Lipinski definition) is 4. The molecule has 0 saturated heterocycles. The number of benzene rings is 1. The van der Waals surface area contributed by atoms with Gasteiger partial charge >= 0.3 is 0 Å². The Labute approximate surface area is 119 Å². The van der Waals surface area contributed by atoms with Gasteiger partial charge in [0.2, 0.25) is 0 Å². The highest BCUT2D eigenvalue weighted by atomic mass is 16.5. The molecule has 2 rings (SSSR count). The summed E-state index contributed by atoms with van der Waals surface area (Å²) in [5.41, 5.74) is 5.25. The maximum absolute atomic E-state index is 5.68. The van der Waals surface area contributed by atoms with E-state index in [9.17, 15) is 0 Å². The molecule has 1 unspecified atom stereocenters. The van der Waals surface area contributed by atoms with E-state index in [2.05, 4.69) is 22.7 Å². The van der Waals surface area contributed by atoms with Crippen LogP contribution in [0.3, 0.4) is 0 Å². The molecule has 0 aliphatic rings. The van der Waals surface area contributed by atoms with Gasteiger partial charge in [-0.05, 0) is 43.5 Å². The minimum atomic E-state index is 0.126. The van der Waals surface area contributed by atoms with E-state index >= 15 is 0 Å². The Kier molecular flexibility index (Phi) is 5.15. The van der Waals surface area contributed by atoms with Crippen molar-refractivity contribution in [2.75, 3.05) is 6.61 Å². The highest BCUT2D eigenvalue weighted by molar-refractivity contribution is 5.29. The summed E-state index contributed by atoms with van der Waals surface area (Å²) in [5, 5.41) is 4.17. The lowest BCUT2D eigenvalue weighted by atomic mass is 10.0. The fourth-order valence-corrected chi connectivity index (χ4v) is 2.25. The number of nitrogens with one attached hydrogen (secondary N) is 1. The van der Waals surface area contributed by atoms with Crippen molar-refractivity contribution in [2.45, 2.75) is 25.8 Å². The molecular weight excluding hydrogens is 252 g/mol. The zero-order chi connectivity index (χ0) is 14.4. The first-order valence-electron chi connectivity index (χ1n) is 6.90. The van der Waals surface area contributed by atoms with Gasteiger partial charge in [0.1, 0.15) is 5.75 Å². The number of aryl methyl sites for hydroxylation is 2. The van der Waals surface area contributed by atoms with Gasteiger partial charge in [0.05, 0.1) is 6.61 Å². The molecule has 20 heavy (non-hydrogen) atoms. The van der Waals surface area contributed by atoms with Crippen LogP contribution in [-0.4, -0.2) is 16.4 Å². The zero-order valence-electron chi connectivity index (χ0n) is 12.0. The Bertz CT molecular complexity index is 521. The molecule has 1 aromatic heterocycles.